The minimum atomic E-state index is -0.376. The maximum Gasteiger partial charge on any atom is 0.320 e. The molecule has 0 fully saturated rings. The first-order chi connectivity index (χ1) is 9.58. The Morgan fingerprint density at radius 3 is 3.05 bits per heavy atom. The SMILES string of the molecule is Cc1ccc(C#N)c(SC/C([O-])=N/c2c[n+](C)no2)n1. The number of nitriles is 1. The molecule has 0 bridgehead atoms. The van der Waals surface area contributed by atoms with Crippen LogP contribution in [-0.2, 0) is 7.05 Å². The normalized spacial score (nSPS) is 11.3. The molecule has 0 N–H and O–H groups in total. The molecule has 2 aromatic heterocycles. The lowest BCUT2D eigenvalue weighted by Gasteiger charge is -2.09. The molecule has 8 heteroatoms. The summed E-state index contributed by atoms with van der Waals surface area (Å²) in [7, 11) is 1.66. The van der Waals surface area contributed by atoms with E-state index in [1.165, 1.54) is 22.6 Å². The van der Waals surface area contributed by atoms with E-state index in [9.17, 15) is 5.11 Å². The fraction of sp³-hybridized carbons (Fsp3) is 0.250. The smallest absolute Gasteiger partial charge is 0.320 e. The van der Waals surface area contributed by atoms with Gasteiger partial charge in [-0.25, -0.2) is 9.98 Å². The Morgan fingerprint density at radius 2 is 2.40 bits per heavy atom. The lowest BCUT2D eigenvalue weighted by Crippen LogP contribution is -2.27. The Kier molecular flexibility index (Phi) is 4.32. The highest BCUT2D eigenvalue weighted by Crippen LogP contribution is 2.20. The van der Waals surface area contributed by atoms with E-state index in [1.807, 2.05) is 13.0 Å². The van der Waals surface area contributed by atoms with Gasteiger partial charge in [0.15, 0.2) is 12.3 Å². The highest BCUT2D eigenvalue weighted by Gasteiger charge is 2.06. The zero-order valence-corrected chi connectivity index (χ0v) is 11.7. The summed E-state index contributed by atoms with van der Waals surface area (Å²) in [5.74, 6) is -0.148. The second-order valence-corrected chi connectivity index (χ2v) is 4.89. The van der Waals surface area contributed by atoms with E-state index in [4.69, 9.17) is 9.78 Å². The van der Waals surface area contributed by atoms with Gasteiger partial charge >= 0.3 is 5.88 Å². The Labute approximate surface area is 119 Å². The second kappa shape index (κ2) is 6.16. The molecule has 2 rings (SSSR count). The maximum atomic E-state index is 11.7. The van der Waals surface area contributed by atoms with Gasteiger partial charge in [0.1, 0.15) is 11.1 Å². The maximum absolute atomic E-state index is 11.7. The molecule has 20 heavy (non-hydrogen) atoms. The predicted octanol–water partition coefficient (Wildman–Crippen LogP) is 0.257. The quantitative estimate of drug-likeness (QED) is 0.346. The summed E-state index contributed by atoms with van der Waals surface area (Å²) < 4.78 is 6.21. The highest BCUT2D eigenvalue weighted by atomic mass is 32.2. The minimum absolute atomic E-state index is 0.0789. The van der Waals surface area contributed by atoms with Crippen molar-refractivity contribution in [3.05, 3.63) is 29.6 Å². The Morgan fingerprint density at radius 1 is 1.60 bits per heavy atom. The van der Waals surface area contributed by atoms with Crippen molar-refractivity contribution in [3.8, 4) is 6.07 Å². The van der Waals surface area contributed by atoms with Crippen LogP contribution in [0, 0.1) is 18.3 Å². The van der Waals surface area contributed by atoms with Gasteiger partial charge in [0, 0.05) is 11.4 Å². The molecule has 0 amide bonds. The molecule has 0 aromatic carbocycles. The summed E-state index contributed by atoms with van der Waals surface area (Å²) in [4.78, 5) is 7.99. The van der Waals surface area contributed by atoms with Gasteiger partial charge in [0.2, 0.25) is 0 Å². The molecule has 0 saturated carbocycles. The van der Waals surface area contributed by atoms with Crippen LogP contribution in [0.4, 0.5) is 5.88 Å². The minimum Gasteiger partial charge on any atom is -0.861 e. The molecule has 0 saturated heterocycles. The van der Waals surface area contributed by atoms with Gasteiger partial charge in [-0.1, -0.05) is 16.4 Å². The standard InChI is InChI=1S/C12H11N5O2S/c1-8-3-4-9(5-13)12(14-8)20-7-10(18)15-11-6-17(2)16-19-11/h3-4,6H,7H2,1-2H3. The Balaban J connectivity index is 2.07. The average molecular weight is 289 g/mol. The number of hydrogen-bond acceptors (Lipinski definition) is 7. The molecule has 2 aromatic rings. The zero-order chi connectivity index (χ0) is 14.5. The van der Waals surface area contributed by atoms with E-state index in [1.54, 1.807) is 19.2 Å². The van der Waals surface area contributed by atoms with Crippen molar-refractivity contribution in [3.63, 3.8) is 0 Å². The van der Waals surface area contributed by atoms with Gasteiger partial charge in [-0.05, 0) is 25.0 Å². The zero-order valence-electron chi connectivity index (χ0n) is 10.9. The van der Waals surface area contributed by atoms with Crippen molar-refractivity contribution in [2.45, 2.75) is 11.9 Å². The van der Waals surface area contributed by atoms with Crippen LogP contribution < -0.4 is 9.79 Å². The van der Waals surface area contributed by atoms with E-state index in [-0.39, 0.29) is 17.5 Å². The van der Waals surface area contributed by atoms with Crippen molar-refractivity contribution >= 4 is 23.5 Å². The van der Waals surface area contributed by atoms with Crippen molar-refractivity contribution in [1.29, 1.82) is 5.26 Å². The van der Waals surface area contributed by atoms with E-state index in [2.05, 4.69) is 15.2 Å². The van der Waals surface area contributed by atoms with Crippen LogP contribution in [0.25, 0.3) is 0 Å². The largest absolute Gasteiger partial charge is 0.861 e. The third kappa shape index (κ3) is 3.55. The fourth-order valence-electron chi connectivity index (χ4n) is 1.38. The van der Waals surface area contributed by atoms with Crippen LogP contribution in [-0.4, -0.2) is 21.9 Å². The van der Waals surface area contributed by atoms with Crippen molar-refractivity contribution < 1.29 is 14.3 Å². The molecule has 0 aliphatic carbocycles. The molecule has 0 unspecified atom stereocenters. The van der Waals surface area contributed by atoms with Gasteiger partial charge in [-0.15, -0.1) is 0 Å². The summed E-state index contributed by atoms with van der Waals surface area (Å²) >= 11 is 1.17. The third-order valence-electron chi connectivity index (χ3n) is 2.25. The number of hydrogen-bond donors (Lipinski definition) is 0. The first-order valence-corrected chi connectivity index (χ1v) is 6.65. The van der Waals surface area contributed by atoms with E-state index in [0.29, 0.717) is 10.6 Å². The Hall–Kier alpha value is -2.40. The lowest BCUT2D eigenvalue weighted by molar-refractivity contribution is -0.739. The van der Waals surface area contributed by atoms with Crippen molar-refractivity contribution in [2.24, 2.45) is 12.0 Å². The molecule has 0 aliphatic rings. The Bertz CT molecular complexity index is 689. The lowest BCUT2D eigenvalue weighted by atomic mass is 10.3. The summed E-state index contributed by atoms with van der Waals surface area (Å²) in [5.41, 5.74) is 1.23. The van der Waals surface area contributed by atoms with Gasteiger partial charge in [0.25, 0.3) is 6.20 Å². The average Bonchev–Trinajstić information content (AvgIpc) is 2.82. The van der Waals surface area contributed by atoms with E-state index >= 15 is 0 Å². The van der Waals surface area contributed by atoms with Gasteiger partial charge in [-0.3, -0.25) is 4.52 Å². The van der Waals surface area contributed by atoms with Crippen LogP contribution in [0.5, 0.6) is 0 Å². The van der Waals surface area contributed by atoms with Gasteiger partial charge in [0.05, 0.1) is 5.56 Å². The molecule has 0 aliphatic heterocycles. The number of thioether (sulfide) groups is 1. The van der Waals surface area contributed by atoms with Gasteiger partial charge < -0.3 is 5.11 Å². The number of pyridine rings is 1. The summed E-state index contributed by atoms with van der Waals surface area (Å²) in [5, 5.41) is 24.7. The van der Waals surface area contributed by atoms with E-state index in [0.717, 1.165) is 5.69 Å². The molecule has 7 nitrogen and oxygen atoms in total. The van der Waals surface area contributed by atoms with Crippen LogP contribution in [0.2, 0.25) is 0 Å². The monoisotopic (exact) mass is 289 g/mol. The fourth-order valence-corrected chi connectivity index (χ4v) is 2.18. The van der Waals surface area contributed by atoms with Gasteiger partial charge in [-0.2, -0.15) is 5.26 Å². The van der Waals surface area contributed by atoms with Crippen LogP contribution in [0.1, 0.15) is 11.3 Å². The van der Waals surface area contributed by atoms with Crippen LogP contribution in [0.15, 0.2) is 32.9 Å². The first kappa shape index (κ1) is 14.0. The topological polar surface area (TPSA) is 102 Å². The molecular weight excluding hydrogens is 278 g/mol. The molecule has 0 spiro atoms. The summed E-state index contributed by atoms with van der Waals surface area (Å²) in [6, 6.07) is 5.48. The van der Waals surface area contributed by atoms with E-state index < -0.39 is 0 Å². The number of aromatic nitrogens is 3. The molecule has 102 valence electrons. The molecule has 0 atom stereocenters. The molecule has 2 heterocycles. The predicted molar refractivity (Wildman–Crippen MR) is 69.2 cm³/mol. The van der Waals surface area contributed by atoms with Crippen LogP contribution >= 0.6 is 11.8 Å². The summed E-state index contributed by atoms with van der Waals surface area (Å²) in [6.07, 6.45) is 1.49. The number of aryl methyl sites for hydroxylation is 2. The molecular formula is C12H11N5O2S. The van der Waals surface area contributed by atoms with Crippen molar-refractivity contribution in [2.75, 3.05) is 5.75 Å². The number of aliphatic imine (C=N–C) groups is 1. The highest BCUT2D eigenvalue weighted by molar-refractivity contribution is 7.99. The van der Waals surface area contributed by atoms with Crippen LogP contribution in [0.3, 0.4) is 0 Å². The molecule has 0 radical (unpaired) electrons. The van der Waals surface area contributed by atoms with Crippen molar-refractivity contribution in [1.82, 2.24) is 10.3 Å². The number of nitrogens with zero attached hydrogens (tertiary/aromatic N) is 5. The number of rotatable bonds is 4. The first-order valence-electron chi connectivity index (χ1n) is 5.66. The second-order valence-electron chi connectivity index (χ2n) is 3.93. The third-order valence-corrected chi connectivity index (χ3v) is 3.22. The summed E-state index contributed by atoms with van der Waals surface area (Å²) in [6.45, 7) is 1.83.